The molecule has 132 valence electrons. The van der Waals surface area contributed by atoms with Crippen LogP contribution in [0.5, 0.6) is 0 Å². The van der Waals surface area contributed by atoms with Crippen molar-refractivity contribution in [3.05, 3.63) is 65.2 Å². The van der Waals surface area contributed by atoms with E-state index >= 15 is 0 Å². The molecule has 25 heavy (non-hydrogen) atoms. The van der Waals surface area contributed by atoms with Gasteiger partial charge in [-0.3, -0.25) is 4.79 Å². The van der Waals surface area contributed by atoms with Gasteiger partial charge in [0.1, 0.15) is 0 Å². The minimum atomic E-state index is -3.72. The molecule has 8 heteroatoms. The van der Waals surface area contributed by atoms with Gasteiger partial charge in [-0.1, -0.05) is 24.3 Å². The van der Waals surface area contributed by atoms with Crippen LogP contribution in [0, 0.1) is 0 Å². The Bertz CT molecular complexity index is 857. The number of hydrogen-bond acceptors (Lipinski definition) is 4. The number of rotatable bonds is 8. The second kappa shape index (κ2) is 7.91. The Hall–Kier alpha value is -2.71. The lowest BCUT2D eigenvalue weighted by Gasteiger charge is -2.07. The number of carboxylic acid groups (broad SMARTS) is 2. The third kappa shape index (κ3) is 5.40. The van der Waals surface area contributed by atoms with Gasteiger partial charge in [0.2, 0.25) is 10.0 Å². The number of benzene rings is 2. The molecule has 0 radical (unpaired) electrons. The van der Waals surface area contributed by atoms with Gasteiger partial charge in [-0.05, 0) is 41.8 Å². The summed E-state index contributed by atoms with van der Waals surface area (Å²) in [6.45, 7) is 0.168. The molecule has 0 aromatic heterocycles. The summed E-state index contributed by atoms with van der Waals surface area (Å²) in [5.74, 6) is -2.03. The molecule has 0 unspecified atom stereocenters. The van der Waals surface area contributed by atoms with Crippen LogP contribution in [0.3, 0.4) is 0 Å². The summed E-state index contributed by atoms with van der Waals surface area (Å²) in [5, 5.41) is 17.5. The Labute approximate surface area is 145 Å². The van der Waals surface area contributed by atoms with Gasteiger partial charge in [-0.15, -0.1) is 0 Å². The molecule has 0 amide bonds. The number of aromatic carboxylic acids is 1. The normalized spacial score (nSPS) is 11.2. The third-order valence-corrected chi connectivity index (χ3v) is 4.97. The molecule has 0 bridgehead atoms. The lowest BCUT2D eigenvalue weighted by atomic mass is 10.1. The highest BCUT2D eigenvalue weighted by Gasteiger charge is 2.14. The number of carboxylic acids is 2. The van der Waals surface area contributed by atoms with Gasteiger partial charge in [-0.25, -0.2) is 17.9 Å². The van der Waals surface area contributed by atoms with E-state index in [0.29, 0.717) is 12.0 Å². The van der Waals surface area contributed by atoms with E-state index in [0.717, 1.165) is 5.56 Å². The van der Waals surface area contributed by atoms with Crippen molar-refractivity contribution in [1.82, 2.24) is 4.72 Å². The van der Waals surface area contributed by atoms with Gasteiger partial charge in [0, 0.05) is 6.54 Å². The van der Waals surface area contributed by atoms with Crippen molar-refractivity contribution in [3.63, 3.8) is 0 Å². The Morgan fingerprint density at radius 1 is 0.880 bits per heavy atom. The first kappa shape index (κ1) is 18.6. The molecule has 0 saturated heterocycles. The van der Waals surface area contributed by atoms with Gasteiger partial charge in [0.05, 0.1) is 16.9 Å². The highest BCUT2D eigenvalue weighted by Crippen LogP contribution is 2.11. The zero-order valence-corrected chi connectivity index (χ0v) is 14.0. The summed E-state index contributed by atoms with van der Waals surface area (Å²) >= 11 is 0. The molecule has 3 N–H and O–H groups in total. The van der Waals surface area contributed by atoms with Crippen LogP contribution in [0.25, 0.3) is 0 Å². The number of sulfonamides is 1. The molecule has 2 aromatic rings. The van der Waals surface area contributed by atoms with Crippen molar-refractivity contribution >= 4 is 22.0 Å². The quantitative estimate of drug-likeness (QED) is 0.654. The first-order valence-electron chi connectivity index (χ1n) is 7.40. The smallest absolute Gasteiger partial charge is 0.335 e. The van der Waals surface area contributed by atoms with E-state index in [1.807, 2.05) is 0 Å². The van der Waals surface area contributed by atoms with Gasteiger partial charge in [-0.2, -0.15) is 0 Å². The van der Waals surface area contributed by atoms with Gasteiger partial charge in [0.25, 0.3) is 0 Å². The molecule has 0 aliphatic rings. The Morgan fingerprint density at radius 3 is 1.96 bits per heavy atom. The van der Waals surface area contributed by atoms with Crippen LogP contribution < -0.4 is 4.72 Å². The monoisotopic (exact) mass is 363 g/mol. The zero-order valence-electron chi connectivity index (χ0n) is 13.2. The molecule has 0 aliphatic heterocycles. The molecule has 2 rings (SSSR count). The molecule has 0 atom stereocenters. The van der Waals surface area contributed by atoms with Crippen LogP contribution >= 0.6 is 0 Å². The maximum absolute atomic E-state index is 12.2. The minimum Gasteiger partial charge on any atom is -0.481 e. The Balaban J connectivity index is 1.93. The van der Waals surface area contributed by atoms with Crippen LogP contribution in [0.15, 0.2) is 53.4 Å². The van der Waals surface area contributed by atoms with Crippen molar-refractivity contribution < 1.29 is 28.2 Å². The van der Waals surface area contributed by atoms with Crippen LogP contribution in [0.4, 0.5) is 0 Å². The van der Waals surface area contributed by atoms with Gasteiger partial charge in [0.15, 0.2) is 0 Å². The lowest BCUT2D eigenvalue weighted by Crippen LogP contribution is -2.26. The molecule has 0 aliphatic carbocycles. The summed E-state index contributed by atoms with van der Waals surface area (Å²) < 4.78 is 26.8. The fourth-order valence-corrected chi connectivity index (χ4v) is 3.22. The first-order valence-corrected chi connectivity index (χ1v) is 8.89. The predicted octanol–water partition coefficient (Wildman–Crippen LogP) is 1.53. The average molecular weight is 363 g/mol. The number of aliphatic carboxylic acids is 1. The van der Waals surface area contributed by atoms with E-state index in [9.17, 15) is 18.0 Å². The average Bonchev–Trinajstić information content (AvgIpc) is 2.56. The molecule has 2 aromatic carbocycles. The van der Waals surface area contributed by atoms with Crippen molar-refractivity contribution in [2.24, 2.45) is 0 Å². The van der Waals surface area contributed by atoms with E-state index in [-0.39, 0.29) is 23.4 Å². The highest BCUT2D eigenvalue weighted by atomic mass is 32.2. The summed E-state index contributed by atoms with van der Waals surface area (Å²) in [4.78, 5) is 21.4. The standard InChI is InChI=1S/C17H17NO6S/c19-16(20)11-13-3-1-12(2-4-13)9-10-18-25(23,24)15-7-5-14(6-8-15)17(21)22/h1-8,18H,9-11H2,(H,19,20)(H,21,22). The van der Waals surface area contributed by atoms with E-state index in [2.05, 4.69) is 4.72 Å². The van der Waals surface area contributed by atoms with Crippen molar-refractivity contribution in [1.29, 1.82) is 0 Å². The molecule has 0 heterocycles. The minimum absolute atomic E-state index is 0.00527. The molecule has 7 nitrogen and oxygen atoms in total. The van der Waals surface area contributed by atoms with Crippen LogP contribution in [0.1, 0.15) is 21.5 Å². The summed E-state index contributed by atoms with van der Waals surface area (Å²) in [7, 11) is -3.72. The lowest BCUT2D eigenvalue weighted by molar-refractivity contribution is -0.136. The summed E-state index contributed by atoms with van der Waals surface area (Å²) in [6, 6.07) is 11.9. The fourth-order valence-electron chi connectivity index (χ4n) is 2.19. The fraction of sp³-hybridized carbons (Fsp3) is 0.176. The van der Waals surface area contributed by atoms with Crippen molar-refractivity contribution in [2.75, 3.05) is 6.54 Å². The number of nitrogens with one attached hydrogen (secondary N) is 1. The van der Waals surface area contributed by atoms with E-state index < -0.39 is 22.0 Å². The Kier molecular flexibility index (Phi) is 5.89. The maximum atomic E-state index is 12.2. The summed E-state index contributed by atoms with van der Waals surface area (Å²) in [5.41, 5.74) is 1.56. The number of carbonyl (C=O) groups is 2. The first-order chi connectivity index (χ1) is 11.8. The Morgan fingerprint density at radius 2 is 1.44 bits per heavy atom. The van der Waals surface area contributed by atoms with Crippen LogP contribution in [-0.2, 0) is 27.7 Å². The van der Waals surface area contributed by atoms with Gasteiger partial charge < -0.3 is 10.2 Å². The van der Waals surface area contributed by atoms with Crippen molar-refractivity contribution in [3.8, 4) is 0 Å². The van der Waals surface area contributed by atoms with Gasteiger partial charge >= 0.3 is 11.9 Å². The molecule has 0 fully saturated rings. The summed E-state index contributed by atoms with van der Waals surface area (Å²) in [6.07, 6.45) is 0.388. The SMILES string of the molecule is O=C(O)Cc1ccc(CCNS(=O)(=O)c2ccc(C(=O)O)cc2)cc1. The van der Waals surface area contributed by atoms with E-state index in [1.54, 1.807) is 24.3 Å². The topological polar surface area (TPSA) is 121 Å². The second-order valence-electron chi connectivity index (χ2n) is 5.36. The second-order valence-corrected chi connectivity index (χ2v) is 7.13. The maximum Gasteiger partial charge on any atom is 0.335 e. The van der Waals surface area contributed by atoms with Crippen molar-refractivity contribution in [2.45, 2.75) is 17.7 Å². The largest absolute Gasteiger partial charge is 0.481 e. The highest BCUT2D eigenvalue weighted by molar-refractivity contribution is 7.89. The van der Waals surface area contributed by atoms with E-state index in [4.69, 9.17) is 10.2 Å². The molecule has 0 saturated carbocycles. The zero-order chi connectivity index (χ0) is 18.4. The third-order valence-electron chi connectivity index (χ3n) is 3.50. The molecular formula is C17H17NO6S. The van der Waals surface area contributed by atoms with Crippen LogP contribution in [-0.4, -0.2) is 37.1 Å². The van der Waals surface area contributed by atoms with E-state index in [1.165, 1.54) is 24.3 Å². The molecule has 0 spiro atoms. The molecular weight excluding hydrogens is 346 g/mol. The predicted molar refractivity (Wildman–Crippen MR) is 90.1 cm³/mol. The number of hydrogen-bond donors (Lipinski definition) is 3. The van der Waals surface area contributed by atoms with Crippen LogP contribution in [0.2, 0.25) is 0 Å².